The van der Waals surface area contributed by atoms with E-state index >= 15 is 0 Å². The zero-order chi connectivity index (χ0) is 13.4. The molecule has 1 aromatic heterocycles. The molecule has 0 aliphatic carbocycles. The Labute approximate surface area is 115 Å². The number of nitrogens with two attached hydrogens (primary N) is 1. The molecular formula is C13H14ClNO2S. The summed E-state index contributed by atoms with van der Waals surface area (Å²) in [6, 6.07) is 10.9. The number of halogens is 1. The van der Waals surface area contributed by atoms with E-state index in [1.54, 1.807) is 35.6 Å². The minimum absolute atomic E-state index is 0.400. The quantitative estimate of drug-likeness (QED) is 0.880. The third kappa shape index (κ3) is 4.49. The number of carbonyl (C=O) groups is 1. The van der Waals surface area contributed by atoms with Gasteiger partial charge < -0.3 is 10.5 Å². The van der Waals surface area contributed by atoms with Gasteiger partial charge in [0, 0.05) is 11.4 Å². The molecule has 18 heavy (non-hydrogen) atoms. The molecule has 0 radical (unpaired) electrons. The van der Waals surface area contributed by atoms with Crippen LogP contribution in [-0.2, 0) is 6.54 Å². The van der Waals surface area contributed by atoms with Crippen LogP contribution in [0, 0.1) is 0 Å². The fraction of sp³-hybridized carbons (Fsp3) is 0.154. The van der Waals surface area contributed by atoms with Crippen LogP contribution in [0.15, 0.2) is 41.8 Å². The van der Waals surface area contributed by atoms with Crippen LogP contribution in [0.3, 0.4) is 0 Å². The van der Waals surface area contributed by atoms with Gasteiger partial charge in [-0.25, -0.2) is 0 Å². The fourth-order valence-corrected chi connectivity index (χ4v) is 1.98. The summed E-state index contributed by atoms with van der Waals surface area (Å²) in [5.74, 6) is 0.507. The SMILES string of the molecule is COc1ccccc1C(=O)Cl.NCc1cccs1. The topological polar surface area (TPSA) is 52.3 Å². The lowest BCUT2D eigenvalue weighted by molar-refractivity contribution is 0.107. The van der Waals surface area contributed by atoms with E-state index < -0.39 is 5.24 Å². The van der Waals surface area contributed by atoms with E-state index in [4.69, 9.17) is 22.1 Å². The highest BCUT2D eigenvalue weighted by atomic mass is 35.5. The average molecular weight is 284 g/mol. The van der Waals surface area contributed by atoms with Crippen LogP contribution in [0.5, 0.6) is 5.75 Å². The zero-order valence-electron chi connectivity index (χ0n) is 9.93. The molecule has 5 heteroatoms. The van der Waals surface area contributed by atoms with E-state index in [0.29, 0.717) is 17.9 Å². The Morgan fingerprint density at radius 2 is 2.06 bits per heavy atom. The first-order valence-electron chi connectivity index (χ1n) is 5.24. The van der Waals surface area contributed by atoms with Crippen molar-refractivity contribution >= 4 is 28.2 Å². The van der Waals surface area contributed by atoms with Crippen LogP contribution in [0.25, 0.3) is 0 Å². The van der Waals surface area contributed by atoms with Crippen molar-refractivity contribution in [2.75, 3.05) is 7.11 Å². The van der Waals surface area contributed by atoms with Crippen molar-refractivity contribution in [2.24, 2.45) is 5.73 Å². The molecule has 2 rings (SSSR count). The van der Waals surface area contributed by atoms with E-state index in [-0.39, 0.29) is 0 Å². The van der Waals surface area contributed by atoms with Crippen molar-refractivity contribution in [3.8, 4) is 5.75 Å². The van der Waals surface area contributed by atoms with Gasteiger partial charge in [-0.05, 0) is 35.2 Å². The largest absolute Gasteiger partial charge is 0.496 e. The second-order valence-corrected chi connectivity index (χ2v) is 4.63. The number of ether oxygens (including phenoxy) is 1. The Morgan fingerprint density at radius 3 is 2.44 bits per heavy atom. The molecule has 96 valence electrons. The molecule has 0 aliphatic heterocycles. The van der Waals surface area contributed by atoms with Gasteiger partial charge >= 0.3 is 0 Å². The smallest absolute Gasteiger partial charge is 0.256 e. The monoisotopic (exact) mass is 283 g/mol. The molecule has 2 aromatic rings. The summed E-state index contributed by atoms with van der Waals surface area (Å²) >= 11 is 6.97. The van der Waals surface area contributed by atoms with Gasteiger partial charge in [0.25, 0.3) is 5.24 Å². The number of hydrogen-bond acceptors (Lipinski definition) is 4. The van der Waals surface area contributed by atoms with Crippen molar-refractivity contribution in [1.82, 2.24) is 0 Å². The van der Waals surface area contributed by atoms with Gasteiger partial charge in [0.05, 0.1) is 12.7 Å². The van der Waals surface area contributed by atoms with E-state index in [2.05, 4.69) is 0 Å². The number of hydrogen-bond donors (Lipinski definition) is 1. The van der Waals surface area contributed by atoms with Crippen LogP contribution in [0.2, 0.25) is 0 Å². The van der Waals surface area contributed by atoms with E-state index in [1.807, 2.05) is 17.5 Å². The summed E-state index contributed by atoms with van der Waals surface area (Å²) in [7, 11) is 1.50. The summed E-state index contributed by atoms with van der Waals surface area (Å²) < 4.78 is 4.90. The van der Waals surface area contributed by atoms with Crippen LogP contribution >= 0.6 is 22.9 Å². The van der Waals surface area contributed by atoms with Crippen molar-refractivity contribution in [3.63, 3.8) is 0 Å². The summed E-state index contributed by atoms with van der Waals surface area (Å²) in [6.07, 6.45) is 0. The van der Waals surface area contributed by atoms with Crippen molar-refractivity contribution < 1.29 is 9.53 Å². The summed E-state index contributed by atoms with van der Waals surface area (Å²) in [6.45, 7) is 0.678. The molecule has 1 heterocycles. The summed E-state index contributed by atoms with van der Waals surface area (Å²) in [4.78, 5) is 12.0. The van der Waals surface area contributed by atoms with Crippen molar-refractivity contribution in [3.05, 3.63) is 52.2 Å². The predicted molar refractivity (Wildman–Crippen MR) is 75.4 cm³/mol. The number of para-hydroxylation sites is 1. The third-order valence-electron chi connectivity index (χ3n) is 2.10. The minimum atomic E-state index is -0.498. The van der Waals surface area contributed by atoms with E-state index in [1.165, 1.54) is 12.0 Å². The Bertz CT molecular complexity index is 485. The Morgan fingerprint density at radius 1 is 1.33 bits per heavy atom. The number of benzene rings is 1. The van der Waals surface area contributed by atoms with Gasteiger partial charge in [-0.15, -0.1) is 11.3 Å². The van der Waals surface area contributed by atoms with Gasteiger partial charge in [-0.3, -0.25) is 4.79 Å². The maximum Gasteiger partial charge on any atom is 0.256 e. The van der Waals surface area contributed by atoms with Crippen molar-refractivity contribution in [2.45, 2.75) is 6.54 Å². The number of rotatable bonds is 3. The van der Waals surface area contributed by atoms with Gasteiger partial charge in [0.1, 0.15) is 5.75 Å². The number of carbonyl (C=O) groups excluding carboxylic acids is 1. The molecular weight excluding hydrogens is 270 g/mol. The molecule has 0 atom stereocenters. The molecule has 0 unspecified atom stereocenters. The molecule has 0 saturated heterocycles. The first-order valence-corrected chi connectivity index (χ1v) is 6.50. The molecule has 2 N–H and O–H groups in total. The Kier molecular flexibility index (Phi) is 6.43. The molecule has 0 spiro atoms. The lowest BCUT2D eigenvalue weighted by Crippen LogP contribution is -1.93. The maximum absolute atomic E-state index is 10.7. The van der Waals surface area contributed by atoms with Gasteiger partial charge in [-0.1, -0.05) is 18.2 Å². The second kappa shape index (κ2) is 7.87. The lowest BCUT2D eigenvalue weighted by Gasteiger charge is -2.01. The van der Waals surface area contributed by atoms with Crippen LogP contribution in [0.4, 0.5) is 0 Å². The Balaban J connectivity index is 0.000000199. The molecule has 0 aliphatic rings. The molecule has 0 fully saturated rings. The van der Waals surface area contributed by atoms with Gasteiger partial charge in [0.15, 0.2) is 0 Å². The molecule has 0 amide bonds. The van der Waals surface area contributed by atoms with E-state index in [9.17, 15) is 4.79 Å². The molecule has 0 saturated carbocycles. The molecule has 1 aromatic carbocycles. The first-order chi connectivity index (χ1) is 8.69. The highest BCUT2D eigenvalue weighted by molar-refractivity contribution is 7.09. The lowest BCUT2D eigenvalue weighted by atomic mass is 10.2. The number of thiophene rings is 1. The number of methoxy groups -OCH3 is 1. The van der Waals surface area contributed by atoms with Crippen LogP contribution in [-0.4, -0.2) is 12.4 Å². The second-order valence-electron chi connectivity index (χ2n) is 3.26. The fourth-order valence-electron chi connectivity index (χ4n) is 1.24. The average Bonchev–Trinajstić information content (AvgIpc) is 2.92. The maximum atomic E-state index is 10.7. The van der Waals surface area contributed by atoms with Crippen LogP contribution in [0.1, 0.15) is 15.2 Å². The third-order valence-corrected chi connectivity index (χ3v) is 3.20. The highest BCUT2D eigenvalue weighted by Gasteiger charge is 2.06. The van der Waals surface area contributed by atoms with Gasteiger partial charge in [-0.2, -0.15) is 0 Å². The normalized spacial score (nSPS) is 9.28. The highest BCUT2D eigenvalue weighted by Crippen LogP contribution is 2.18. The Hall–Kier alpha value is -1.36. The minimum Gasteiger partial charge on any atom is -0.496 e. The standard InChI is InChI=1S/C8H7ClO2.C5H7NS/c1-11-7-5-3-2-4-6(7)8(9)10;6-4-5-2-1-3-7-5/h2-5H,1H3;1-3H,4,6H2. The molecule has 0 bridgehead atoms. The van der Waals surface area contributed by atoms with Crippen molar-refractivity contribution in [1.29, 1.82) is 0 Å². The molecule has 3 nitrogen and oxygen atoms in total. The first kappa shape index (κ1) is 14.7. The zero-order valence-corrected chi connectivity index (χ0v) is 11.5. The van der Waals surface area contributed by atoms with Gasteiger partial charge in [0.2, 0.25) is 0 Å². The summed E-state index contributed by atoms with van der Waals surface area (Å²) in [5.41, 5.74) is 5.70. The van der Waals surface area contributed by atoms with Crippen LogP contribution < -0.4 is 10.5 Å². The van der Waals surface area contributed by atoms with E-state index in [0.717, 1.165) is 0 Å². The predicted octanol–water partition coefficient (Wildman–Crippen LogP) is 3.28. The summed E-state index contributed by atoms with van der Waals surface area (Å²) in [5, 5.41) is 1.53.